The lowest BCUT2D eigenvalue weighted by Crippen LogP contribution is -2.38. The Morgan fingerprint density at radius 3 is 2.77 bits per heavy atom. The number of hydrogen-bond donors (Lipinski definition) is 2. The van der Waals surface area contributed by atoms with Crippen LogP contribution in [0, 0.1) is 12.8 Å². The molecule has 0 spiro atoms. The van der Waals surface area contributed by atoms with Crippen LogP contribution in [0.15, 0.2) is 36.9 Å². The third kappa shape index (κ3) is 3.95. The number of aliphatic hydroxyl groups is 1. The normalized spacial score (nSPS) is 12.4. The Labute approximate surface area is 131 Å². The fraction of sp³-hybridized carbons (Fsp3) is 0.412. The number of benzene rings is 1. The summed E-state index contributed by atoms with van der Waals surface area (Å²) in [4.78, 5) is 16.6. The molecule has 0 aliphatic carbocycles. The molecule has 1 heterocycles. The number of imidazole rings is 1. The van der Waals surface area contributed by atoms with E-state index in [0.29, 0.717) is 11.5 Å². The van der Waals surface area contributed by atoms with Crippen molar-refractivity contribution in [1.29, 1.82) is 0 Å². The maximum absolute atomic E-state index is 12.6. The van der Waals surface area contributed by atoms with E-state index in [1.54, 1.807) is 18.7 Å². The van der Waals surface area contributed by atoms with Gasteiger partial charge < -0.3 is 15.0 Å². The van der Waals surface area contributed by atoms with Crippen molar-refractivity contribution < 1.29 is 9.90 Å². The lowest BCUT2D eigenvalue weighted by atomic mass is 10.0. The van der Waals surface area contributed by atoms with E-state index in [9.17, 15) is 9.90 Å². The molecule has 0 saturated heterocycles. The summed E-state index contributed by atoms with van der Waals surface area (Å²) in [5.74, 6) is 0.232. The molecule has 1 unspecified atom stereocenters. The van der Waals surface area contributed by atoms with Crippen LogP contribution in [0.2, 0.25) is 0 Å². The first-order chi connectivity index (χ1) is 10.5. The van der Waals surface area contributed by atoms with Crippen molar-refractivity contribution >= 4 is 5.91 Å². The Bertz CT molecular complexity index is 621. The summed E-state index contributed by atoms with van der Waals surface area (Å²) < 4.78 is 1.81. The molecule has 5 heteroatoms. The van der Waals surface area contributed by atoms with Crippen molar-refractivity contribution in [1.82, 2.24) is 14.9 Å². The van der Waals surface area contributed by atoms with Gasteiger partial charge in [0.2, 0.25) is 0 Å². The van der Waals surface area contributed by atoms with Crippen LogP contribution in [0.25, 0.3) is 5.69 Å². The van der Waals surface area contributed by atoms with Crippen molar-refractivity contribution in [3.8, 4) is 5.69 Å². The predicted octanol–water partition coefficient (Wildman–Crippen LogP) is 2.32. The number of rotatable bonds is 6. The fourth-order valence-corrected chi connectivity index (χ4v) is 2.47. The average molecular weight is 301 g/mol. The largest absolute Gasteiger partial charge is 0.394 e. The van der Waals surface area contributed by atoms with Gasteiger partial charge in [-0.25, -0.2) is 4.98 Å². The molecule has 1 aromatic heterocycles. The topological polar surface area (TPSA) is 67.2 Å². The molecular formula is C17H23N3O2. The Morgan fingerprint density at radius 1 is 1.41 bits per heavy atom. The van der Waals surface area contributed by atoms with Crippen LogP contribution in [-0.4, -0.2) is 33.2 Å². The monoisotopic (exact) mass is 301 g/mol. The molecule has 0 saturated carbocycles. The van der Waals surface area contributed by atoms with Gasteiger partial charge in [-0.05, 0) is 31.4 Å². The zero-order chi connectivity index (χ0) is 16.1. The van der Waals surface area contributed by atoms with E-state index in [-0.39, 0.29) is 18.6 Å². The number of hydrogen-bond acceptors (Lipinski definition) is 3. The van der Waals surface area contributed by atoms with E-state index in [1.165, 1.54) is 0 Å². The molecule has 0 fully saturated rings. The van der Waals surface area contributed by atoms with Crippen molar-refractivity contribution in [2.75, 3.05) is 6.61 Å². The summed E-state index contributed by atoms with van der Waals surface area (Å²) in [6.45, 7) is 6.03. The van der Waals surface area contributed by atoms with Crippen LogP contribution in [-0.2, 0) is 0 Å². The van der Waals surface area contributed by atoms with Crippen molar-refractivity contribution in [3.05, 3.63) is 48.0 Å². The average Bonchev–Trinajstić information content (AvgIpc) is 2.99. The molecule has 118 valence electrons. The number of aliphatic hydroxyl groups excluding tert-OH is 1. The second-order valence-corrected chi connectivity index (χ2v) is 5.97. The summed E-state index contributed by atoms with van der Waals surface area (Å²) in [5.41, 5.74) is 2.38. The number of carbonyl (C=O) groups is 1. The molecule has 2 rings (SSSR count). The third-order valence-electron chi connectivity index (χ3n) is 3.49. The SMILES string of the molecule is Cc1ccc(-n2ccnc2)c(C(=O)NC(CO)CC(C)C)c1. The van der Waals surface area contributed by atoms with Crippen molar-refractivity contribution in [2.24, 2.45) is 5.92 Å². The van der Waals surface area contributed by atoms with E-state index < -0.39 is 0 Å². The Morgan fingerprint density at radius 2 is 2.18 bits per heavy atom. The number of nitrogens with one attached hydrogen (secondary N) is 1. The van der Waals surface area contributed by atoms with Crippen LogP contribution in [0.4, 0.5) is 0 Å². The van der Waals surface area contributed by atoms with Gasteiger partial charge in [0.25, 0.3) is 5.91 Å². The highest BCUT2D eigenvalue weighted by Crippen LogP contribution is 2.17. The molecule has 2 N–H and O–H groups in total. The van der Waals surface area contributed by atoms with Gasteiger partial charge in [0, 0.05) is 12.4 Å². The van der Waals surface area contributed by atoms with Gasteiger partial charge in [0.1, 0.15) is 0 Å². The van der Waals surface area contributed by atoms with Gasteiger partial charge in [-0.3, -0.25) is 4.79 Å². The maximum Gasteiger partial charge on any atom is 0.253 e. The highest BCUT2D eigenvalue weighted by atomic mass is 16.3. The summed E-state index contributed by atoms with van der Waals surface area (Å²) in [5, 5.41) is 12.4. The first-order valence-electron chi connectivity index (χ1n) is 7.52. The number of nitrogens with zero attached hydrogens (tertiary/aromatic N) is 2. The zero-order valence-corrected chi connectivity index (χ0v) is 13.3. The molecule has 1 amide bonds. The lowest BCUT2D eigenvalue weighted by Gasteiger charge is -2.19. The van der Waals surface area contributed by atoms with E-state index >= 15 is 0 Å². The Hall–Kier alpha value is -2.14. The predicted molar refractivity (Wildman–Crippen MR) is 86.1 cm³/mol. The van der Waals surface area contributed by atoms with E-state index in [0.717, 1.165) is 17.7 Å². The van der Waals surface area contributed by atoms with Gasteiger partial charge >= 0.3 is 0 Å². The smallest absolute Gasteiger partial charge is 0.253 e. The molecule has 0 bridgehead atoms. The summed E-state index contributed by atoms with van der Waals surface area (Å²) >= 11 is 0. The molecule has 1 atom stereocenters. The van der Waals surface area contributed by atoms with Crippen LogP contribution in [0.3, 0.4) is 0 Å². The second kappa shape index (κ2) is 7.22. The lowest BCUT2D eigenvalue weighted by molar-refractivity contribution is 0.0908. The summed E-state index contributed by atoms with van der Waals surface area (Å²) in [6.07, 6.45) is 5.89. The van der Waals surface area contributed by atoms with Gasteiger partial charge in [-0.1, -0.05) is 25.5 Å². The first kappa shape index (κ1) is 16.2. The Balaban J connectivity index is 2.27. The van der Waals surface area contributed by atoms with E-state index in [2.05, 4.69) is 24.1 Å². The number of carbonyl (C=O) groups excluding carboxylic acids is 1. The van der Waals surface area contributed by atoms with Crippen molar-refractivity contribution in [3.63, 3.8) is 0 Å². The number of aryl methyl sites for hydroxylation is 1. The summed E-state index contributed by atoms with van der Waals surface area (Å²) in [6, 6.07) is 5.49. The number of amides is 1. The van der Waals surface area contributed by atoms with Gasteiger partial charge in [0.05, 0.1) is 30.2 Å². The van der Waals surface area contributed by atoms with Crippen LogP contribution >= 0.6 is 0 Å². The molecule has 5 nitrogen and oxygen atoms in total. The molecule has 1 aromatic carbocycles. The Kier molecular flexibility index (Phi) is 5.33. The van der Waals surface area contributed by atoms with Gasteiger partial charge in [-0.15, -0.1) is 0 Å². The minimum atomic E-state index is -0.233. The zero-order valence-electron chi connectivity index (χ0n) is 13.3. The minimum Gasteiger partial charge on any atom is -0.394 e. The molecule has 2 aromatic rings. The minimum absolute atomic E-state index is 0.0594. The quantitative estimate of drug-likeness (QED) is 0.860. The standard InChI is InChI=1S/C17H23N3O2/c1-12(2)8-14(10-21)19-17(22)15-9-13(3)4-5-16(15)20-7-6-18-11-20/h4-7,9,11-12,14,21H,8,10H2,1-3H3,(H,19,22). The van der Waals surface area contributed by atoms with Crippen LogP contribution < -0.4 is 5.32 Å². The van der Waals surface area contributed by atoms with Crippen molar-refractivity contribution in [2.45, 2.75) is 33.2 Å². The van der Waals surface area contributed by atoms with Gasteiger partial charge in [0.15, 0.2) is 0 Å². The van der Waals surface area contributed by atoms with Crippen LogP contribution in [0.1, 0.15) is 36.2 Å². The molecule has 0 radical (unpaired) electrons. The third-order valence-corrected chi connectivity index (χ3v) is 3.49. The second-order valence-electron chi connectivity index (χ2n) is 5.97. The van der Waals surface area contributed by atoms with E-state index in [4.69, 9.17) is 0 Å². The molecule has 0 aliphatic heterocycles. The molecule has 22 heavy (non-hydrogen) atoms. The summed E-state index contributed by atoms with van der Waals surface area (Å²) in [7, 11) is 0. The fourth-order valence-electron chi connectivity index (χ4n) is 2.47. The first-order valence-corrected chi connectivity index (χ1v) is 7.52. The molecular weight excluding hydrogens is 278 g/mol. The molecule has 0 aliphatic rings. The highest BCUT2D eigenvalue weighted by molar-refractivity contribution is 5.98. The van der Waals surface area contributed by atoms with Crippen LogP contribution in [0.5, 0.6) is 0 Å². The maximum atomic E-state index is 12.6. The highest BCUT2D eigenvalue weighted by Gasteiger charge is 2.18. The van der Waals surface area contributed by atoms with Gasteiger partial charge in [-0.2, -0.15) is 0 Å². The van der Waals surface area contributed by atoms with E-state index in [1.807, 2.05) is 29.7 Å². The number of aromatic nitrogens is 2.